The van der Waals surface area contributed by atoms with Crippen LogP contribution in [-0.4, -0.2) is 47.9 Å². The first-order chi connectivity index (χ1) is 13.7. The average molecular weight is 382 g/mol. The number of carbonyl (C=O) groups excluding carboxylic acids is 2. The largest absolute Gasteiger partial charge is 0.459 e. The molecule has 0 unspecified atom stereocenters. The first kappa shape index (κ1) is 18.5. The van der Waals surface area contributed by atoms with Gasteiger partial charge in [0.15, 0.2) is 5.76 Å². The van der Waals surface area contributed by atoms with E-state index in [1.807, 2.05) is 12.3 Å². The number of carbonyl (C=O) groups is 2. The van der Waals surface area contributed by atoms with Crippen molar-refractivity contribution < 1.29 is 14.0 Å². The lowest BCUT2D eigenvalue weighted by molar-refractivity contribution is -0.126. The van der Waals surface area contributed by atoms with Crippen molar-refractivity contribution in [3.05, 3.63) is 48.0 Å². The Hall–Kier alpha value is -2.83. The zero-order chi connectivity index (χ0) is 19.3. The van der Waals surface area contributed by atoms with Crippen LogP contribution in [0.25, 0.3) is 0 Å². The summed E-state index contributed by atoms with van der Waals surface area (Å²) in [5.41, 5.74) is 1.07. The van der Waals surface area contributed by atoms with E-state index in [0.29, 0.717) is 38.2 Å². The highest BCUT2D eigenvalue weighted by atomic mass is 16.3. The fraction of sp³-hybridized carbons (Fsp3) is 0.476. The van der Waals surface area contributed by atoms with Crippen molar-refractivity contribution in [1.82, 2.24) is 15.2 Å². The highest BCUT2D eigenvalue weighted by Crippen LogP contribution is 2.21. The summed E-state index contributed by atoms with van der Waals surface area (Å²) in [6.45, 7) is 3.77. The van der Waals surface area contributed by atoms with Crippen LogP contribution in [0.1, 0.15) is 41.8 Å². The van der Waals surface area contributed by atoms with E-state index < -0.39 is 0 Å². The quantitative estimate of drug-likeness (QED) is 0.859. The Morgan fingerprint density at radius 1 is 1.14 bits per heavy atom. The van der Waals surface area contributed by atoms with E-state index in [0.717, 1.165) is 24.5 Å². The van der Waals surface area contributed by atoms with Gasteiger partial charge in [-0.1, -0.05) is 0 Å². The Kier molecular flexibility index (Phi) is 5.60. The van der Waals surface area contributed by atoms with Gasteiger partial charge in [-0.05, 0) is 55.5 Å². The SMILES string of the molecule is O=C(NCc1ccnc(N2CCCC2)c1)C1CCN(C(=O)c2ccco2)CC1. The number of hydrogen-bond donors (Lipinski definition) is 1. The van der Waals surface area contributed by atoms with E-state index in [9.17, 15) is 9.59 Å². The van der Waals surface area contributed by atoms with Crippen molar-refractivity contribution in [1.29, 1.82) is 0 Å². The molecule has 2 aliphatic heterocycles. The fourth-order valence-corrected chi connectivity index (χ4v) is 3.92. The molecule has 2 amide bonds. The molecule has 2 aliphatic rings. The monoisotopic (exact) mass is 382 g/mol. The standard InChI is InChI=1S/C21H26N4O3/c26-20(17-6-11-25(12-7-17)21(27)18-4-3-13-28-18)23-15-16-5-8-22-19(14-16)24-9-1-2-10-24/h3-5,8,13-14,17H,1-2,6-7,9-12,15H2,(H,23,26). The average Bonchev–Trinajstić information content (AvgIpc) is 3.46. The molecule has 4 heterocycles. The topological polar surface area (TPSA) is 78.7 Å². The van der Waals surface area contributed by atoms with Crippen molar-refractivity contribution in [2.45, 2.75) is 32.2 Å². The van der Waals surface area contributed by atoms with E-state index in [2.05, 4.69) is 21.3 Å². The van der Waals surface area contributed by atoms with Crippen LogP contribution in [0.15, 0.2) is 41.1 Å². The number of amides is 2. The lowest BCUT2D eigenvalue weighted by Crippen LogP contribution is -2.42. The van der Waals surface area contributed by atoms with Gasteiger partial charge in [0.25, 0.3) is 5.91 Å². The third kappa shape index (κ3) is 4.18. The van der Waals surface area contributed by atoms with Gasteiger partial charge >= 0.3 is 0 Å². The Balaban J connectivity index is 1.26. The molecule has 0 spiro atoms. The van der Waals surface area contributed by atoms with Crippen LogP contribution < -0.4 is 10.2 Å². The molecular weight excluding hydrogens is 356 g/mol. The highest BCUT2D eigenvalue weighted by molar-refractivity contribution is 5.91. The third-order valence-corrected chi connectivity index (χ3v) is 5.59. The minimum Gasteiger partial charge on any atom is -0.459 e. The fourth-order valence-electron chi connectivity index (χ4n) is 3.92. The maximum Gasteiger partial charge on any atom is 0.289 e. The van der Waals surface area contributed by atoms with Crippen molar-refractivity contribution in [3.63, 3.8) is 0 Å². The summed E-state index contributed by atoms with van der Waals surface area (Å²) in [4.78, 5) is 33.4. The number of rotatable bonds is 5. The van der Waals surface area contributed by atoms with E-state index in [4.69, 9.17) is 4.42 Å². The predicted octanol–water partition coefficient (Wildman–Crippen LogP) is 2.44. The van der Waals surface area contributed by atoms with Crippen LogP contribution in [0.2, 0.25) is 0 Å². The first-order valence-electron chi connectivity index (χ1n) is 10.0. The summed E-state index contributed by atoms with van der Waals surface area (Å²) in [7, 11) is 0. The smallest absolute Gasteiger partial charge is 0.289 e. The Morgan fingerprint density at radius 2 is 1.93 bits per heavy atom. The normalized spacial score (nSPS) is 17.7. The van der Waals surface area contributed by atoms with E-state index in [-0.39, 0.29) is 17.7 Å². The van der Waals surface area contributed by atoms with Crippen molar-refractivity contribution >= 4 is 17.6 Å². The molecular formula is C21H26N4O3. The molecule has 4 rings (SSSR count). The molecule has 1 N–H and O–H groups in total. The van der Waals surface area contributed by atoms with E-state index >= 15 is 0 Å². The van der Waals surface area contributed by atoms with Crippen molar-refractivity contribution in [2.75, 3.05) is 31.1 Å². The molecule has 7 heteroatoms. The molecule has 2 aromatic rings. The molecule has 2 fully saturated rings. The van der Waals surface area contributed by atoms with E-state index in [1.165, 1.54) is 19.1 Å². The number of pyridine rings is 1. The first-order valence-corrected chi connectivity index (χ1v) is 10.0. The van der Waals surface area contributed by atoms with Gasteiger partial charge in [-0.2, -0.15) is 0 Å². The number of furan rings is 1. The van der Waals surface area contributed by atoms with Crippen LogP contribution in [0, 0.1) is 5.92 Å². The Morgan fingerprint density at radius 3 is 2.64 bits per heavy atom. The molecule has 7 nitrogen and oxygen atoms in total. The van der Waals surface area contributed by atoms with Gasteiger partial charge in [-0.15, -0.1) is 0 Å². The number of nitrogens with zero attached hydrogens (tertiary/aromatic N) is 3. The Labute approximate surface area is 164 Å². The zero-order valence-corrected chi connectivity index (χ0v) is 16.0. The van der Waals surface area contributed by atoms with Gasteiger partial charge < -0.3 is 19.5 Å². The molecule has 0 aromatic carbocycles. The molecule has 2 aromatic heterocycles. The van der Waals surface area contributed by atoms with Crippen LogP contribution in [0.4, 0.5) is 5.82 Å². The molecule has 28 heavy (non-hydrogen) atoms. The zero-order valence-electron chi connectivity index (χ0n) is 16.0. The second-order valence-corrected chi connectivity index (χ2v) is 7.48. The summed E-state index contributed by atoms with van der Waals surface area (Å²) < 4.78 is 5.18. The molecule has 0 saturated carbocycles. The number of piperidine rings is 1. The maximum absolute atomic E-state index is 12.6. The maximum atomic E-state index is 12.6. The summed E-state index contributed by atoms with van der Waals surface area (Å²) in [6, 6.07) is 7.40. The minimum absolute atomic E-state index is 0.0551. The van der Waals surface area contributed by atoms with Crippen molar-refractivity contribution in [2.24, 2.45) is 5.92 Å². The lowest BCUT2D eigenvalue weighted by atomic mass is 9.95. The second kappa shape index (κ2) is 8.46. The molecule has 0 radical (unpaired) electrons. The second-order valence-electron chi connectivity index (χ2n) is 7.48. The number of likely N-dealkylation sites (tertiary alicyclic amines) is 1. The van der Waals surface area contributed by atoms with Crippen LogP contribution in [0.3, 0.4) is 0 Å². The van der Waals surface area contributed by atoms with Gasteiger partial charge in [-0.3, -0.25) is 9.59 Å². The molecule has 0 atom stereocenters. The van der Waals surface area contributed by atoms with Crippen molar-refractivity contribution in [3.8, 4) is 0 Å². The minimum atomic E-state index is -0.102. The summed E-state index contributed by atoms with van der Waals surface area (Å²) in [5, 5.41) is 3.05. The van der Waals surface area contributed by atoms with Gasteiger partial charge in [-0.25, -0.2) is 4.98 Å². The van der Waals surface area contributed by atoms with Gasteiger partial charge in [0.1, 0.15) is 5.82 Å². The van der Waals surface area contributed by atoms with Crippen LogP contribution in [0.5, 0.6) is 0 Å². The summed E-state index contributed by atoms with van der Waals surface area (Å²) in [6.07, 6.45) is 7.09. The summed E-state index contributed by atoms with van der Waals surface area (Å²) in [5.74, 6) is 1.25. The third-order valence-electron chi connectivity index (χ3n) is 5.59. The molecule has 148 valence electrons. The number of aromatic nitrogens is 1. The number of nitrogens with one attached hydrogen (secondary N) is 1. The van der Waals surface area contributed by atoms with Crippen LogP contribution in [-0.2, 0) is 11.3 Å². The summed E-state index contributed by atoms with van der Waals surface area (Å²) >= 11 is 0. The van der Waals surface area contributed by atoms with Gasteiger partial charge in [0.05, 0.1) is 6.26 Å². The van der Waals surface area contributed by atoms with Crippen LogP contribution >= 0.6 is 0 Å². The van der Waals surface area contributed by atoms with Gasteiger partial charge in [0, 0.05) is 44.8 Å². The number of anilines is 1. The lowest BCUT2D eigenvalue weighted by Gasteiger charge is -2.30. The molecule has 0 aliphatic carbocycles. The van der Waals surface area contributed by atoms with Gasteiger partial charge in [0.2, 0.25) is 5.91 Å². The Bertz CT molecular complexity index is 807. The number of hydrogen-bond acceptors (Lipinski definition) is 5. The molecule has 0 bridgehead atoms. The highest BCUT2D eigenvalue weighted by Gasteiger charge is 2.28. The predicted molar refractivity (Wildman–Crippen MR) is 105 cm³/mol. The van der Waals surface area contributed by atoms with E-state index in [1.54, 1.807) is 17.0 Å². The molecule has 2 saturated heterocycles.